The van der Waals surface area contributed by atoms with Crippen molar-refractivity contribution in [3.8, 4) is 6.07 Å². The Kier molecular flexibility index (Phi) is 3.49. The predicted molar refractivity (Wildman–Crippen MR) is 74.1 cm³/mol. The molecule has 3 nitrogen and oxygen atoms in total. The molecule has 0 fully saturated rings. The van der Waals surface area contributed by atoms with E-state index in [1.807, 2.05) is 55.6 Å². The minimum atomic E-state index is 0.688. The zero-order valence-electron chi connectivity index (χ0n) is 10.3. The molecule has 2 aromatic carbocycles. The average Bonchev–Trinajstić information content (AvgIpc) is 2.39. The van der Waals surface area contributed by atoms with Gasteiger partial charge in [0.2, 0.25) is 0 Å². The first kappa shape index (κ1) is 12.0. The third-order valence-electron chi connectivity index (χ3n) is 2.86. The van der Waals surface area contributed by atoms with Crippen molar-refractivity contribution in [2.75, 3.05) is 17.7 Å². The van der Waals surface area contributed by atoms with Gasteiger partial charge in [-0.25, -0.2) is 0 Å². The van der Waals surface area contributed by atoms with Crippen molar-refractivity contribution < 1.29 is 0 Å². The molecule has 0 aromatic heterocycles. The Morgan fingerprint density at radius 3 is 2.67 bits per heavy atom. The first-order valence-electron chi connectivity index (χ1n) is 5.75. The quantitative estimate of drug-likeness (QED) is 0.835. The van der Waals surface area contributed by atoms with E-state index < -0.39 is 0 Å². The first-order chi connectivity index (χ1) is 8.70. The predicted octanol–water partition coefficient (Wildman–Crippen LogP) is 2.78. The van der Waals surface area contributed by atoms with Crippen molar-refractivity contribution in [2.45, 2.75) is 6.54 Å². The summed E-state index contributed by atoms with van der Waals surface area (Å²) in [6, 6.07) is 17.6. The Labute approximate surface area is 107 Å². The Balaban J connectivity index is 2.22. The average molecular weight is 237 g/mol. The number of rotatable bonds is 3. The normalized spacial score (nSPS) is 9.78. The molecule has 0 aliphatic carbocycles. The van der Waals surface area contributed by atoms with Crippen LogP contribution in [-0.4, -0.2) is 7.05 Å². The standard InChI is InChI=1S/C15H15N3/c1-18(15-8-4-7-14(17)9-15)11-13-6-3-2-5-12(13)10-16/h2-9H,11,17H2,1H3. The van der Waals surface area contributed by atoms with Gasteiger partial charge in [-0.05, 0) is 29.8 Å². The molecule has 0 unspecified atom stereocenters. The molecule has 0 heterocycles. The van der Waals surface area contributed by atoms with Gasteiger partial charge in [0.1, 0.15) is 0 Å². The fraction of sp³-hybridized carbons (Fsp3) is 0.133. The third kappa shape index (κ3) is 2.61. The van der Waals surface area contributed by atoms with Crippen LogP contribution in [0, 0.1) is 11.3 Å². The number of hydrogen-bond acceptors (Lipinski definition) is 3. The number of anilines is 2. The smallest absolute Gasteiger partial charge is 0.0995 e. The second-order valence-electron chi connectivity index (χ2n) is 4.22. The van der Waals surface area contributed by atoms with Crippen LogP contribution in [0.25, 0.3) is 0 Å². The molecule has 0 bridgehead atoms. The van der Waals surface area contributed by atoms with Gasteiger partial charge in [-0.2, -0.15) is 5.26 Å². The third-order valence-corrected chi connectivity index (χ3v) is 2.86. The lowest BCUT2D eigenvalue weighted by molar-refractivity contribution is 0.920. The fourth-order valence-electron chi connectivity index (χ4n) is 1.88. The maximum atomic E-state index is 9.06. The van der Waals surface area contributed by atoms with E-state index >= 15 is 0 Å². The Morgan fingerprint density at radius 1 is 1.17 bits per heavy atom. The minimum Gasteiger partial charge on any atom is -0.399 e. The molecular weight excluding hydrogens is 222 g/mol. The van der Waals surface area contributed by atoms with E-state index in [2.05, 4.69) is 11.0 Å². The van der Waals surface area contributed by atoms with Gasteiger partial charge in [0.15, 0.2) is 0 Å². The van der Waals surface area contributed by atoms with Crippen LogP contribution < -0.4 is 10.6 Å². The van der Waals surface area contributed by atoms with Crippen LogP contribution in [0.3, 0.4) is 0 Å². The van der Waals surface area contributed by atoms with Crippen LogP contribution in [0.4, 0.5) is 11.4 Å². The van der Waals surface area contributed by atoms with Crippen molar-refractivity contribution in [3.05, 3.63) is 59.7 Å². The molecule has 2 rings (SSSR count). The lowest BCUT2D eigenvalue weighted by Crippen LogP contribution is -2.17. The van der Waals surface area contributed by atoms with Gasteiger partial charge in [-0.3, -0.25) is 0 Å². The Morgan fingerprint density at radius 2 is 1.94 bits per heavy atom. The van der Waals surface area contributed by atoms with E-state index in [0.717, 1.165) is 16.9 Å². The summed E-state index contributed by atoms with van der Waals surface area (Å²) in [4.78, 5) is 2.08. The molecule has 0 aliphatic heterocycles. The van der Waals surface area contributed by atoms with E-state index in [-0.39, 0.29) is 0 Å². The van der Waals surface area contributed by atoms with Gasteiger partial charge in [-0.1, -0.05) is 24.3 Å². The summed E-state index contributed by atoms with van der Waals surface area (Å²) < 4.78 is 0. The molecular formula is C15H15N3. The number of nitrogen functional groups attached to an aromatic ring is 1. The topological polar surface area (TPSA) is 53.0 Å². The highest BCUT2D eigenvalue weighted by Crippen LogP contribution is 2.19. The lowest BCUT2D eigenvalue weighted by Gasteiger charge is -2.20. The summed E-state index contributed by atoms with van der Waals surface area (Å²) >= 11 is 0. The summed E-state index contributed by atoms with van der Waals surface area (Å²) in [5.74, 6) is 0. The maximum absolute atomic E-state index is 9.06. The largest absolute Gasteiger partial charge is 0.399 e. The van der Waals surface area contributed by atoms with E-state index in [1.165, 1.54) is 0 Å². The van der Waals surface area contributed by atoms with Crippen molar-refractivity contribution in [2.24, 2.45) is 0 Å². The second-order valence-corrected chi connectivity index (χ2v) is 4.22. The van der Waals surface area contributed by atoms with Gasteiger partial charge in [-0.15, -0.1) is 0 Å². The summed E-state index contributed by atoms with van der Waals surface area (Å²) in [5, 5.41) is 9.06. The zero-order valence-corrected chi connectivity index (χ0v) is 10.3. The van der Waals surface area contributed by atoms with Gasteiger partial charge >= 0.3 is 0 Å². The van der Waals surface area contributed by atoms with E-state index in [0.29, 0.717) is 12.1 Å². The molecule has 0 amide bonds. The molecule has 2 N–H and O–H groups in total. The molecule has 0 saturated carbocycles. The van der Waals surface area contributed by atoms with Gasteiger partial charge in [0.05, 0.1) is 11.6 Å². The number of nitrogens with two attached hydrogens (primary N) is 1. The molecule has 0 spiro atoms. The molecule has 3 heteroatoms. The Hall–Kier alpha value is -2.47. The fourth-order valence-corrected chi connectivity index (χ4v) is 1.88. The van der Waals surface area contributed by atoms with Crippen LogP contribution in [0.5, 0.6) is 0 Å². The van der Waals surface area contributed by atoms with E-state index in [4.69, 9.17) is 11.0 Å². The van der Waals surface area contributed by atoms with Crippen molar-refractivity contribution in [3.63, 3.8) is 0 Å². The second kappa shape index (κ2) is 5.24. The van der Waals surface area contributed by atoms with Gasteiger partial charge in [0, 0.05) is 25.0 Å². The zero-order chi connectivity index (χ0) is 13.0. The van der Waals surface area contributed by atoms with Crippen LogP contribution >= 0.6 is 0 Å². The molecule has 0 aliphatic rings. The van der Waals surface area contributed by atoms with Gasteiger partial charge in [0.25, 0.3) is 0 Å². The molecule has 2 aromatic rings. The van der Waals surface area contributed by atoms with Crippen molar-refractivity contribution >= 4 is 11.4 Å². The summed E-state index contributed by atoms with van der Waals surface area (Å²) in [6.45, 7) is 0.688. The molecule has 90 valence electrons. The summed E-state index contributed by atoms with van der Waals surface area (Å²) in [7, 11) is 1.99. The number of hydrogen-bond donors (Lipinski definition) is 1. The maximum Gasteiger partial charge on any atom is 0.0995 e. The Bertz CT molecular complexity index is 584. The van der Waals surface area contributed by atoms with Crippen molar-refractivity contribution in [1.82, 2.24) is 0 Å². The van der Waals surface area contributed by atoms with E-state index in [9.17, 15) is 0 Å². The molecule has 18 heavy (non-hydrogen) atoms. The van der Waals surface area contributed by atoms with Crippen LogP contribution in [0.1, 0.15) is 11.1 Å². The number of nitriles is 1. The van der Waals surface area contributed by atoms with Crippen LogP contribution in [0.15, 0.2) is 48.5 Å². The minimum absolute atomic E-state index is 0.688. The highest BCUT2D eigenvalue weighted by molar-refractivity contribution is 5.56. The molecule has 0 saturated heterocycles. The van der Waals surface area contributed by atoms with Crippen molar-refractivity contribution in [1.29, 1.82) is 5.26 Å². The van der Waals surface area contributed by atoms with Crippen LogP contribution in [0.2, 0.25) is 0 Å². The first-order valence-corrected chi connectivity index (χ1v) is 5.75. The molecule has 0 atom stereocenters. The molecule has 0 radical (unpaired) electrons. The van der Waals surface area contributed by atoms with Crippen LogP contribution in [-0.2, 0) is 6.54 Å². The number of nitrogens with zero attached hydrogens (tertiary/aromatic N) is 2. The summed E-state index contributed by atoms with van der Waals surface area (Å²) in [6.07, 6.45) is 0. The lowest BCUT2D eigenvalue weighted by atomic mass is 10.1. The monoisotopic (exact) mass is 237 g/mol. The SMILES string of the molecule is CN(Cc1ccccc1C#N)c1cccc(N)c1. The van der Waals surface area contributed by atoms with E-state index in [1.54, 1.807) is 0 Å². The van der Waals surface area contributed by atoms with Gasteiger partial charge < -0.3 is 10.6 Å². The summed E-state index contributed by atoms with van der Waals surface area (Å²) in [5.41, 5.74) is 9.29. The number of benzene rings is 2. The highest BCUT2D eigenvalue weighted by Gasteiger charge is 2.05. The highest BCUT2D eigenvalue weighted by atomic mass is 15.1.